The summed E-state index contributed by atoms with van der Waals surface area (Å²) in [6, 6.07) is 6.99. The highest BCUT2D eigenvalue weighted by Crippen LogP contribution is 2.34. The van der Waals surface area contributed by atoms with Crippen molar-refractivity contribution in [1.82, 2.24) is 14.7 Å². The van der Waals surface area contributed by atoms with Crippen LogP contribution in [0.4, 0.5) is 4.39 Å². The van der Waals surface area contributed by atoms with Gasteiger partial charge in [0.1, 0.15) is 5.82 Å². The quantitative estimate of drug-likeness (QED) is 0.890. The molecule has 0 aliphatic carbocycles. The Morgan fingerprint density at radius 3 is 2.77 bits per heavy atom. The molecule has 1 saturated heterocycles. The van der Waals surface area contributed by atoms with Crippen molar-refractivity contribution in [2.45, 2.75) is 32.0 Å². The molecule has 1 atom stereocenters. The molecule has 5 nitrogen and oxygen atoms in total. The molecule has 1 unspecified atom stereocenters. The average molecular weight is 303 g/mol. The molecule has 0 saturated carbocycles. The number of carbonyl (C=O) groups is 1. The van der Waals surface area contributed by atoms with Crippen LogP contribution in [-0.4, -0.2) is 32.3 Å². The van der Waals surface area contributed by atoms with Gasteiger partial charge in [0, 0.05) is 30.9 Å². The molecule has 0 bridgehead atoms. The Hall–Kier alpha value is -2.21. The summed E-state index contributed by atoms with van der Waals surface area (Å²) < 4.78 is 14.6. The van der Waals surface area contributed by atoms with E-state index in [0.717, 1.165) is 30.6 Å². The Morgan fingerprint density at radius 1 is 1.36 bits per heavy atom. The Labute approximate surface area is 128 Å². The average Bonchev–Trinajstić information content (AvgIpc) is 2.92. The van der Waals surface area contributed by atoms with E-state index in [0.29, 0.717) is 12.6 Å². The van der Waals surface area contributed by atoms with Crippen molar-refractivity contribution in [3.05, 3.63) is 53.6 Å². The molecule has 116 valence electrons. The number of carboxylic acids is 1. The number of halogens is 1. The number of hydrogen-bond donors (Lipinski definition) is 1. The second-order valence-corrected chi connectivity index (χ2v) is 5.58. The van der Waals surface area contributed by atoms with Gasteiger partial charge in [-0.1, -0.05) is 12.1 Å². The highest BCUT2D eigenvalue weighted by atomic mass is 19.1. The molecule has 1 N–H and O–H groups in total. The molecule has 2 aromatic rings. The second-order valence-electron chi connectivity index (χ2n) is 5.58. The summed E-state index contributed by atoms with van der Waals surface area (Å²) in [6.45, 7) is 2.16. The molecule has 0 amide bonds. The maximum absolute atomic E-state index is 13.0. The minimum Gasteiger partial charge on any atom is -0.481 e. The van der Waals surface area contributed by atoms with Gasteiger partial charge in [-0.15, -0.1) is 0 Å². The molecular formula is C16H18FN3O2. The minimum absolute atomic E-state index is 0.0725. The third kappa shape index (κ3) is 3.33. The predicted molar refractivity (Wildman–Crippen MR) is 78.6 cm³/mol. The molecule has 1 fully saturated rings. The first-order valence-corrected chi connectivity index (χ1v) is 7.34. The number of nitrogens with zero attached hydrogens (tertiary/aromatic N) is 3. The number of benzene rings is 1. The van der Waals surface area contributed by atoms with Gasteiger partial charge in [0.25, 0.3) is 0 Å². The maximum atomic E-state index is 13.0. The largest absolute Gasteiger partial charge is 0.481 e. The molecule has 2 heterocycles. The Balaban J connectivity index is 1.59. The third-order valence-corrected chi connectivity index (χ3v) is 4.01. The fourth-order valence-corrected chi connectivity index (χ4v) is 2.75. The van der Waals surface area contributed by atoms with Crippen LogP contribution in [0, 0.1) is 5.82 Å². The summed E-state index contributed by atoms with van der Waals surface area (Å²) in [5, 5.41) is 12.9. The number of aryl methyl sites for hydroxylation is 1. The zero-order chi connectivity index (χ0) is 15.5. The standard InChI is InChI=1S/C16H18FN3O2/c17-14-3-1-13(2-4-14)15-5-7-19(15)10-12-9-18-20(11-12)8-6-16(21)22/h1-4,9,11,15H,5-8,10H2,(H,21,22). The third-order valence-electron chi connectivity index (χ3n) is 4.01. The van der Waals surface area contributed by atoms with Crippen molar-refractivity contribution < 1.29 is 14.3 Å². The van der Waals surface area contributed by atoms with Crippen LogP contribution in [0.25, 0.3) is 0 Å². The summed E-state index contributed by atoms with van der Waals surface area (Å²) in [6.07, 6.45) is 4.81. The van der Waals surface area contributed by atoms with Crippen molar-refractivity contribution in [2.24, 2.45) is 0 Å². The van der Waals surface area contributed by atoms with Gasteiger partial charge in [-0.2, -0.15) is 5.10 Å². The van der Waals surface area contributed by atoms with E-state index in [9.17, 15) is 9.18 Å². The fraction of sp³-hybridized carbons (Fsp3) is 0.375. The number of carboxylic acid groups (broad SMARTS) is 1. The highest BCUT2D eigenvalue weighted by Gasteiger charge is 2.29. The van der Waals surface area contributed by atoms with Gasteiger partial charge < -0.3 is 5.11 Å². The van der Waals surface area contributed by atoms with Crippen LogP contribution in [0.3, 0.4) is 0 Å². The van der Waals surface area contributed by atoms with E-state index in [2.05, 4.69) is 10.00 Å². The first kappa shape index (κ1) is 14.7. The first-order chi connectivity index (χ1) is 10.6. The van der Waals surface area contributed by atoms with Crippen LogP contribution in [0.1, 0.15) is 30.0 Å². The summed E-state index contributed by atoms with van der Waals surface area (Å²) in [4.78, 5) is 12.9. The Morgan fingerprint density at radius 2 is 2.14 bits per heavy atom. The number of aliphatic carboxylic acids is 1. The molecule has 6 heteroatoms. The van der Waals surface area contributed by atoms with Gasteiger partial charge >= 0.3 is 5.97 Å². The van der Waals surface area contributed by atoms with Crippen molar-refractivity contribution >= 4 is 5.97 Å². The molecule has 0 spiro atoms. The lowest BCUT2D eigenvalue weighted by atomic mass is 9.94. The molecule has 22 heavy (non-hydrogen) atoms. The van der Waals surface area contributed by atoms with E-state index < -0.39 is 5.97 Å². The zero-order valence-electron chi connectivity index (χ0n) is 12.2. The molecule has 0 radical (unpaired) electrons. The van der Waals surface area contributed by atoms with E-state index in [1.165, 1.54) is 12.1 Å². The van der Waals surface area contributed by atoms with Gasteiger partial charge in [-0.3, -0.25) is 14.4 Å². The van der Waals surface area contributed by atoms with Crippen molar-refractivity contribution in [1.29, 1.82) is 0 Å². The van der Waals surface area contributed by atoms with Gasteiger partial charge in [0.05, 0.1) is 19.2 Å². The van der Waals surface area contributed by atoms with Gasteiger partial charge in [0.15, 0.2) is 0 Å². The van der Waals surface area contributed by atoms with E-state index in [4.69, 9.17) is 5.11 Å². The fourth-order valence-electron chi connectivity index (χ4n) is 2.75. The smallest absolute Gasteiger partial charge is 0.305 e. The van der Waals surface area contributed by atoms with Crippen LogP contribution in [-0.2, 0) is 17.9 Å². The number of hydrogen-bond acceptors (Lipinski definition) is 3. The zero-order valence-corrected chi connectivity index (χ0v) is 12.2. The monoisotopic (exact) mass is 303 g/mol. The number of rotatable bonds is 6. The van der Waals surface area contributed by atoms with E-state index in [1.807, 2.05) is 18.3 Å². The van der Waals surface area contributed by atoms with Gasteiger partial charge in [0.2, 0.25) is 0 Å². The van der Waals surface area contributed by atoms with Crippen molar-refractivity contribution in [3.8, 4) is 0 Å². The molecule has 1 aliphatic rings. The minimum atomic E-state index is -0.823. The van der Waals surface area contributed by atoms with E-state index >= 15 is 0 Å². The molecular weight excluding hydrogens is 285 g/mol. The lowest BCUT2D eigenvalue weighted by Crippen LogP contribution is -2.40. The summed E-state index contributed by atoms with van der Waals surface area (Å²) in [5.41, 5.74) is 2.20. The van der Waals surface area contributed by atoms with Crippen LogP contribution < -0.4 is 0 Å². The van der Waals surface area contributed by atoms with E-state index in [-0.39, 0.29) is 12.2 Å². The summed E-state index contributed by atoms with van der Waals surface area (Å²) in [5.74, 6) is -1.04. The van der Waals surface area contributed by atoms with Crippen molar-refractivity contribution in [3.63, 3.8) is 0 Å². The normalized spacial score (nSPS) is 18.1. The van der Waals surface area contributed by atoms with Crippen LogP contribution in [0.15, 0.2) is 36.7 Å². The summed E-state index contributed by atoms with van der Waals surface area (Å²) in [7, 11) is 0. The molecule has 1 aliphatic heterocycles. The highest BCUT2D eigenvalue weighted by molar-refractivity contribution is 5.66. The summed E-state index contributed by atoms with van der Waals surface area (Å²) >= 11 is 0. The van der Waals surface area contributed by atoms with Crippen LogP contribution in [0.5, 0.6) is 0 Å². The Kier molecular flexibility index (Phi) is 4.20. The van der Waals surface area contributed by atoms with Crippen LogP contribution in [0.2, 0.25) is 0 Å². The van der Waals surface area contributed by atoms with Gasteiger partial charge in [-0.25, -0.2) is 4.39 Å². The van der Waals surface area contributed by atoms with Gasteiger partial charge in [-0.05, 0) is 24.1 Å². The first-order valence-electron chi connectivity index (χ1n) is 7.34. The predicted octanol–water partition coefficient (Wildman–Crippen LogP) is 2.44. The molecule has 3 rings (SSSR count). The molecule has 1 aromatic carbocycles. The maximum Gasteiger partial charge on any atom is 0.305 e. The number of likely N-dealkylation sites (tertiary alicyclic amines) is 1. The second kappa shape index (κ2) is 6.27. The topological polar surface area (TPSA) is 58.4 Å². The SMILES string of the molecule is O=C(O)CCn1cc(CN2CCC2c2ccc(F)cc2)cn1. The number of aromatic nitrogens is 2. The Bertz CT molecular complexity index is 654. The van der Waals surface area contributed by atoms with Crippen molar-refractivity contribution in [2.75, 3.05) is 6.54 Å². The lowest BCUT2D eigenvalue weighted by molar-refractivity contribution is -0.137. The van der Waals surface area contributed by atoms with Crippen LogP contribution >= 0.6 is 0 Å². The molecule has 1 aromatic heterocycles. The lowest BCUT2D eigenvalue weighted by Gasteiger charge is -2.41. The van der Waals surface area contributed by atoms with E-state index in [1.54, 1.807) is 10.9 Å².